The Bertz CT molecular complexity index is 311. The van der Waals surface area contributed by atoms with Crippen LogP contribution in [0.2, 0.25) is 0 Å². The van der Waals surface area contributed by atoms with E-state index in [1.807, 2.05) is 0 Å². The number of carbonyl (C=O) groups excluding carboxylic acids is 1. The molecule has 3 rings (SSSR count). The van der Waals surface area contributed by atoms with Gasteiger partial charge in [0.05, 0.1) is 5.92 Å². The minimum atomic E-state index is 0.0709. The second-order valence-electron chi connectivity index (χ2n) is 6.99. The number of nitrogens with one attached hydrogen (secondary N) is 1. The molecule has 0 saturated heterocycles. The first-order valence-corrected chi connectivity index (χ1v) is 8.29. The van der Waals surface area contributed by atoms with Crippen molar-refractivity contribution >= 4 is 5.91 Å². The quantitative estimate of drug-likeness (QED) is 0.749. The lowest BCUT2D eigenvalue weighted by atomic mass is 9.93. The van der Waals surface area contributed by atoms with Crippen LogP contribution in [0, 0.1) is 23.7 Å². The number of hydrogen-bond acceptors (Lipinski definition) is 2. The van der Waals surface area contributed by atoms with Gasteiger partial charge in [0.15, 0.2) is 0 Å². The highest BCUT2D eigenvalue weighted by Crippen LogP contribution is 2.48. The summed E-state index contributed by atoms with van der Waals surface area (Å²) in [6.45, 7) is 0.914. The van der Waals surface area contributed by atoms with Gasteiger partial charge in [-0.05, 0) is 56.3 Å². The van der Waals surface area contributed by atoms with Gasteiger partial charge in [-0.25, -0.2) is 0 Å². The molecule has 0 aliphatic heterocycles. The lowest BCUT2D eigenvalue weighted by Gasteiger charge is -2.23. The highest BCUT2D eigenvalue weighted by atomic mass is 16.1. The minimum absolute atomic E-state index is 0.0709. The van der Waals surface area contributed by atoms with Crippen molar-refractivity contribution in [1.29, 1.82) is 0 Å². The molecule has 0 bridgehead atoms. The van der Waals surface area contributed by atoms with Gasteiger partial charge in [0.1, 0.15) is 0 Å². The molecule has 19 heavy (non-hydrogen) atoms. The van der Waals surface area contributed by atoms with Crippen LogP contribution in [-0.2, 0) is 4.79 Å². The van der Waals surface area contributed by atoms with Crippen molar-refractivity contribution < 1.29 is 4.79 Å². The van der Waals surface area contributed by atoms with Crippen LogP contribution in [0.4, 0.5) is 0 Å². The second-order valence-corrected chi connectivity index (χ2v) is 6.99. The fraction of sp³-hybridized carbons (Fsp3) is 0.938. The zero-order valence-electron chi connectivity index (χ0n) is 11.9. The van der Waals surface area contributed by atoms with Crippen molar-refractivity contribution in [1.82, 2.24) is 5.32 Å². The largest absolute Gasteiger partial charge is 0.356 e. The topological polar surface area (TPSA) is 55.1 Å². The lowest BCUT2D eigenvalue weighted by Crippen LogP contribution is -2.43. The van der Waals surface area contributed by atoms with Gasteiger partial charge in [0.2, 0.25) is 5.91 Å². The predicted octanol–water partition coefficient (Wildman–Crippen LogP) is 2.45. The SMILES string of the molecule is NC1CCCCCC1C(=O)NCC(C1CC1)C1CC1. The van der Waals surface area contributed by atoms with E-state index >= 15 is 0 Å². The maximum absolute atomic E-state index is 12.4. The third-order valence-electron chi connectivity index (χ3n) is 5.37. The van der Waals surface area contributed by atoms with Gasteiger partial charge in [-0.2, -0.15) is 0 Å². The molecule has 3 aliphatic carbocycles. The Morgan fingerprint density at radius 2 is 1.63 bits per heavy atom. The van der Waals surface area contributed by atoms with Crippen LogP contribution in [0.15, 0.2) is 0 Å². The van der Waals surface area contributed by atoms with Crippen molar-refractivity contribution in [2.45, 2.75) is 63.8 Å². The molecule has 3 fully saturated rings. The predicted molar refractivity (Wildman–Crippen MR) is 76.5 cm³/mol. The monoisotopic (exact) mass is 264 g/mol. The van der Waals surface area contributed by atoms with E-state index in [-0.39, 0.29) is 17.9 Å². The minimum Gasteiger partial charge on any atom is -0.356 e. The van der Waals surface area contributed by atoms with Gasteiger partial charge in [-0.15, -0.1) is 0 Å². The molecule has 1 amide bonds. The van der Waals surface area contributed by atoms with Crippen LogP contribution in [0.25, 0.3) is 0 Å². The Kier molecular flexibility index (Phi) is 4.11. The first kappa shape index (κ1) is 13.4. The molecule has 3 aliphatic rings. The Labute approximate surface area is 116 Å². The average molecular weight is 264 g/mol. The third kappa shape index (κ3) is 3.50. The Hall–Kier alpha value is -0.570. The molecule has 3 heteroatoms. The summed E-state index contributed by atoms with van der Waals surface area (Å²) in [6.07, 6.45) is 11.2. The van der Waals surface area contributed by atoms with E-state index in [4.69, 9.17) is 5.73 Å². The smallest absolute Gasteiger partial charge is 0.224 e. The number of hydrogen-bond donors (Lipinski definition) is 2. The van der Waals surface area contributed by atoms with E-state index in [1.165, 1.54) is 44.9 Å². The summed E-state index contributed by atoms with van der Waals surface area (Å²) in [6, 6.07) is 0.0859. The van der Waals surface area contributed by atoms with E-state index in [2.05, 4.69) is 5.32 Å². The maximum Gasteiger partial charge on any atom is 0.224 e. The fourth-order valence-electron chi connectivity index (χ4n) is 3.78. The summed E-state index contributed by atoms with van der Waals surface area (Å²) >= 11 is 0. The molecule has 2 atom stereocenters. The highest BCUT2D eigenvalue weighted by Gasteiger charge is 2.41. The molecule has 0 aromatic rings. The molecule has 3 N–H and O–H groups in total. The van der Waals surface area contributed by atoms with Gasteiger partial charge in [0, 0.05) is 12.6 Å². The zero-order chi connectivity index (χ0) is 13.2. The number of carbonyl (C=O) groups is 1. The summed E-state index contributed by atoms with van der Waals surface area (Å²) in [5.74, 6) is 2.90. The molecular weight excluding hydrogens is 236 g/mol. The maximum atomic E-state index is 12.4. The molecule has 0 heterocycles. The molecule has 0 aromatic carbocycles. The standard InChI is InChI=1S/C16H28N2O/c17-15-5-3-1-2-4-13(15)16(19)18-10-14(11-6-7-11)12-8-9-12/h11-15H,1-10,17H2,(H,18,19). The molecule has 108 valence electrons. The first-order chi connectivity index (χ1) is 9.25. The molecule has 0 spiro atoms. The summed E-state index contributed by atoms with van der Waals surface area (Å²) < 4.78 is 0. The van der Waals surface area contributed by atoms with Gasteiger partial charge in [-0.1, -0.05) is 19.3 Å². The van der Waals surface area contributed by atoms with Crippen LogP contribution >= 0.6 is 0 Å². The van der Waals surface area contributed by atoms with E-state index in [9.17, 15) is 4.79 Å². The van der Waals surface area contributed by atoms with Crippen molar-refractivity contribution in [2.24, 2.45) is 29.4 Å². The second kappa shape index (κ2) is 5.82. The number of rotatable bonds is 5. The molecule has 3 nitrogen and oxygen atoms in total. The van der Waals surface area contributed by atoms with Crippen LogP contribution in [0.3, 0.4) is 0 Å². The van der Waals surface area contributed by atoms with Crippen LogP contribution in [-0.4, -0.2) is 18.5 Å². The van der Waals surface area contributed by atoms with Gasteiger partial charge >= 0.3 is 0 Å². The van der Waals surface area contributed by atoms with Crippen LogP contribution in [0.1, 0.15) is 57.8 Å². The molecule has 0 radical (unpaired) electrons. The summed E-state index contributed by atoms with van der Waals surface area (Å²) in [5.41, 5.74) is 6.17. The zero-order valence-corrected chi connectivity index (χ0v) is 11.9. The van der Waals surface area contributed by atoms with Crippen molar-refractivity contribution in [3.63, 3.8) is 0 Å². The molecule has 2 unspecified atom stereocenters. The molecular formula is C16H28N2O. The molecule has 3 saturated carbocycles. The Morgan fingerprint density at radius 3 is 2.26 bits per heavy atom. The lowest BCUT2D eigenvalue weighted by molar-refractivity contribution is -0.126. The van der Waals surface area contributed by atoms with Crippen LogP contribution in [0.5, 0.6) is 0 Å². The average Bonchev–Trinajstić information content (AvgIpc) is 3.26. The fourth-order valence-corrected chi connectivity index (χ4v) is 3.78. The normalized spacial score (nSPS) is 32.1. The van der Waals surface area contributed by atoms with Crippen molar-refractivity contribution in [3.8, 4) is 0 Å². The number of nitrogens with two attached hydrogens (primary N) is 1. The Balaban J connectivity index is 1.49. The summed E-state index contributed by atoms with van der Waals surface area (Å²) in [7, 11) is 0. The number of amides is 1. The van der Waals surface area contributed by atoms with Crippen molar-refractivity contribution in [2.75, 3.05) is 6.54 Å². The summed E-state index contributed by atoms with van der Waals surface area (Å²) in [4.78, 5) is 12.4. The van der Waals surface area contributed by atoms with Crippen molar-refractivity contribution in [3.05, 3.63) is 0 Å². The highest BCUT2D eigenvalue weighted by molar-refractivity contribution is 5.79. The molecule has 0 aromatic heterocycles. The summed E-state index contributed by atoms with van der Waals surface area (Å²) in [5, 5.41) is 3.23. The van der Waals surface area contributed by atoms with E-state index in [1.54, 1.807) is 0 Å². The third-order valence-corrected chi connectivity index (χ3v) is 5.37. The van der Waals surface area contributed by atoms with Gasteiger partial charge < -0.3 is 11.1 Å². The van der Waals surface area contributed by atoms with Gasteiger partial charge in [0.25, 0.3) is 0 Å². The van der Waals surface area contributed by atoms with E-state index in [0.717, 1.165) is 37.1 Å². The van der Waals surface area contributed by atoms with E-state index in [0.29, 0.717) is 0 Å². The van der Waals surface area contributed by atoms with Gasteiger partial charge in [-0.3, -0.25) is 4.79 Å². The Morgan fingerprint density at radius 1 is 1.00 bits per heavy atom. The van der Waals surface area contributed by atoms with Crippen LogP contribution < -0.4 is 11.1 Å². The first-order valence-electron chi connectivity index (χ1n) is 8.29. The van der Waals surface area contributed by atoms with E-state index < -0.39 is 0 Å².